The summed E-state index contributed by atoms with van der Waals surface area (Å²) in [7, 11) is 0. The molecule has 112 valence electrons. The van der Waals surface area contributed by atoms with Gasteiger partial charge in [0.1, 0.15) is 0 Å². The van der Waals surface area contributed by atoms with Crippen molar-refractivity contribution in [2.75, 3.05) is 19.6 Å². The number of aryl methyl sites for hydroxylation is 2. The highest BCUT2D eigenvalue weighted by Crippen LogP contribution is 2.21. The van der Waals surface area contributed by atoms with Gasteiger partial charge in [0.05, 0.1) is 0 Å². The minimum absolute atomic E-state index is 0.315. The maximum absolute atomic E-state index is 3.79. The van der Waals surface area contributed by atoms with Gasteiger partial charge in [-0.3, -0.25) is 4.90 Å². The van der Waals surface area contributed by atoms with E-state index in [1.54, 1.807) is 0 Å². The topological polar surface area (TPSA) is 15.3 Å². The first-order valence-corrected chi connectivity index (χ1v) is 8.11. The number of benzene rings is 1. The largest absolute Gasteiger partial charge is 0.310 e. The second-order valence-electron chi connectivity index (χ2n) is 6.47. The van der Waals surface area contributed by atoms with E-state index in [-0.39, 0.29) is 0 Å². The Bertz CT molecular complexity index is 415. The summed E-state index contributed by atoms with van der Waals surface area (Å²) in [5, 5.41) is 3.79. The lowest BCUT2D eigenvalue weighted by Crippen LogP contribution is -2.50. The summed E-state index contributed by atoms with van der Waals surface area (Å²) in [6.07, 6.45) is 3.69. The van der Waals surface area contributed by atoms with Crippen LogP contribution in [-0.2, 0) is 6.54 Å². The normalized spacial score (nSPS) is 19.8. The van der Waals surface area contributed by atoms with Crippen molar-refractivity contribution in [2.45, 2.75) is 59.0 Å². The Morgan fingerprint density at radius 2 is 1.75 bits per heavy atom. The number of rotatable bonds is 4. The van der Waals surface area contributed by atoms with Crippen molar-refractivity contribution in [1.29, 1.82) is 0 Å². The van der Waals surface area contributed by atoms with Crippen molar-refractivity contribution in [3.05, 3.63) is 34.9 Å². The monoisotopic (exact) mass is 274 g/mol. The molecule has 1 fully saturated rings. The molecule has 0 aliphatic carbocycles. The molecule has 0 atom stereocenters. The van der Waals surface area contributed by atoms with Crippen LogP contribution >= 0.6 is 0 Å². The zero-order chi connectivity index (χ0) is 14.6. The predicted molar refractivity (Wildman–Crippen MR) is 87.1 cm³/mol. The molecule has 2 rings (SSSR count). The van der Waals surface area contributed by atoms with Gasteiger partial charge in [0.2, 0.25) is 0 Å². The molecule has 0 radical (unpaired) electrons. The summed E-state index contributed by atoms with van der Waals surface area (Å²) in [6, 6.07) is 6.94. The first-order valence-electron chi connectivity index (χ1n) is 8.11. The van der Waals surface area contributed by atoms with Crippen LogP contribution < -0.4 is 5.32 Å². The van der Waals surface area contributed by atoms with Crippen LogP contribution in [0, 0.1) is 13.8 Å². The zero-order valence-corrected chi connectivity index (χ0v) is 13.6. The summed E-state index contributed by atoms with van der Waals surface area (Å²) >= 11 is 0. The van der Waals surface area contributed by atoms with Crippen LogP contribution in [0.3, 0.4) is 0 Å². The summed E-state index contributed by atoms with van der Waals surface area (Å²) in [5.74, 6) is 0. The Labute approximate surface area is 124 Å². The van der Waals surface area contributed by atoms with E-state index in [0.29, 0.717) is 5.54 Å². The lowest BCUT2D eigenvalue weighted by atomic mass is 9.92. The second kappa shape index (κ2) is 6.73. The molecule has 0 spiro atoms. The molecule has 2 heteroatoms. The van der Waals surface area contributed by atoms with Gasteiger partial charge in [0, 0.05) is 18.6 Å². The third-order valence-corrected chi connectivity index (χ3v) is 4.72. The summed E-state index contributed by atoms with van der Waals surface area (Å²) in [5.41, 5.74) is 4.54. The Morgan fingerprint density at radius 3 is 2.35 bits per heavy atom. The van der Waals surface area contributed by atoms with Crippen LogP contribution in [0.25, 0.3) is 0 Å². The van der Waals surface area contributed by atoms with E-state index in [1.165, 1.54) is 49.0 Å². The van der Waals surface area contributed by atoms with E-state index in [0.717, 1.165) is 13.1 Å². The van der Waals surface area contributed by atoms with Crippen molar-refractivity contribution in [3.8, 4) is 0 Å². The molecule has 0 saturated carbocycles. The third kappa shape index (κ3) is 3.83. The average Bonchev–Trinajstić information content (AvgIpc) is 2.60. The van der Waals surface area contributed by atoms with Crippen LogP contribution in [0.4, 0.5) is 0 Å². The van der Waals surface area contributed by atoms with Crippen molar-refractivity contribution in [2.24, 2.45) is 0 Å². The lowest BCUT2D eigenvalue weighted by Gasteiger charge is -2.35. The molecule has 20 heavy (non-hydrogen) atoms. The summed E-state index contributed by atoms with van der Waals surface area (Å²) in [6.45, 7) is 13.7. The zero-order valence-electron chi connectivity index (χ0n) is 13.6. The van der Waals surface area contributed by atoms with Gasteiger partial charge in [0.25, 0.3) is 0 Å². The van der Waals surface area contributed by atoms with E-state index in [9.17, 15) is 0 Å². The van der Waals surface area contributed by atoms with Gasteiger partial charge < -0.3 is 5.32 Å². The van der Waals surface area contributed by atoms with Crippen LogP contribution in [0.1, 0.15) is 49.8 Å². The molecule has 1 heterocycles. The van der Waals surface area contributed by atoms with Gasteiger partial charge in [-0.2, -0.15) is 0 Å². The van der Waals surface area contributed by atoms with Gasteiger partial charge in [-0.25, -0.2) is 0 Å². The molecule has 1 N–H and O–H groups in total. The molecular weight excluding hydrogens is 244 g/mol. The molecule has 0 unspecified atom stereocenters. The summed E-state index contributed by atoms with van der Waals surface area (Å²) < 4.78 is 0. The van der Waals surface area contributed by atoms with Crippen LogP contribution in [0.5, 0.6) is 0 Å². The Morgan fingerprint density at radius 1 is 1.10 bits per heavy atom. The molecule has 1 aromatic rings. The minimum Gasteiger partial charge on any atom is -0.310 e. The highest BCUT2D eigenvalue weighted by molar-refractivity contribution is 5.28. The molecule has 1 aliphatic rings. The molecule has 1 aromatic carbocycles. The van der Waals surface area contributed by atoms with Crippen molar-refractivity contribution in [1.82, 2.24) is 10.2 Å². The third-order valence-electron chi connectivity index (χ3n) is 4.72. The van der Waals surface area contributed by atoms with E-state index < -0.39 is 0 Å². The van der Waals surface area contributed by atoms with Gasteiger partial charge in [-0.15, -0.1) is 0 Å². The first-order chi connectivity index (χ1) is 9.57. The predicted octanol–water partition coefficient (Wildman–Crippen LogP) is 3.66. The first kappa shape index (κ1) is 15.5. The molecule has 0 bridgehead atoms. The van der Waals surface area contributed by atoms with Gasteiger partial charge in [-0.1, -0.05) is 43.2 Å². The van der Waals surface area contributed by atoms with Gasteiger partial charge in [-0.05, 0) is 51.8 Å². The molecule has 2 nitrogen and oxygen atoms in total. The van der Waals surface area contributed by atoms with E-state index >= 15 is 0 Å². The number of hydrogen-bond donors (Lipinski definition) is 1. The molecule has 1 aliphatic heterocycles. The van der Waals surface area contributed by atoms with E-state index in [2.05, 4.69) is 56.1 Å². The van der Waals surface area contributed by atoms with Crippen molar-refractivity contribution in [3.63, 3.8) is 0 Å². The highest BCUT2D eigenvalue weighted by atomic mass is 15.2. The fraction of sp³-hybridized carbons (Fsp3) is 0.667. The summed E-state index contributed by atoms with van der Waals surface area (Å²) in [4.78, 5) is 2.64. The fourth-order valence-electron chi connectivity index (χ4n) is 3.50. The van der Waals surface area contributed by atoms with E-state index in [1.807, 2.05) is 0 Å². The van der Waals surface area contributed by atoms with E-state index in [4.69, 9.17) is 0 Å². The smallest absolute Gasteiger partial charge is 0.0303 e. The van der Waals surface area contributed by atoms with Gasteiger partial charge in [0.15, 0.2) is 0 Å². The molecular formula is C18H30N2. The fourth-order valence-corrected chi connectivity index (χ4v) is 3.50. The average molecular weight is 274 g/mol. The van der Waals surface area contributed by atoms with Crippen LogP contribution in [-0.4, -0.2) is 30.1 Å². The second-order valence-corrected chi connectivity index (χ2v) is 6.47. The number of hydrogen-bond acceptors (Lipinski definition) is 2. The minimum atomic E-state index is 0.315. The molecule has 1 saturated heterocycles. The van der Waals surface area contributed by atoms with Crippen LogP contribution in [0.15, 0.2) is 18.2 Å². The number of nitrogens with one attached hydrogen (secondary N) is 1. The highest BCUT2D eigenvalue weighted by Gasteiger charge is 2.30. The molecule has 0 aromatic heterocycles. The quantitative estimate of drug-likeness (QED) is 0.901. The van der Waals surface area contributed by atoms with Crippen LogP contribution in [0.2, 0.25) is 0 Å². The van der Waals surface area contributed by atoms with Gasteiger partial charge >= 0.3 is 0 Å². The SMILES string of the molecule is CCC1(CC)CN(Cc2cc(C)cc(C)c2)CCCN1. The maximum Gasteiger partial charge on any atom is 0.0303 e. The van der Waals surface area contributed by atoms with Crippen molar-refractivity contribution < 1.29 is 0 Å². The Hall–Kier alpha value is -0.860. The lowest BCUT2D eigenvalue weighted by molar-refractivity contribution is 0.191. The maximum atomic E-state index is 3.79. The Kier molecular flexibility index (Phi) is 5.22. The van der Waals surface area contributed by atoms with Crippen molar-refractivity contribution >= 4 is 0 Å². The standard InChI is InChI=1S/C18H30N2/c1-5-18(6-2)14-20(9-7-8-19-18)13-17-11-15(3)10-16(4)12-17/h10-12,19H,5-9,13-14H2,1-4H3. The number of nitrogens with zero attached hydrogens (tertiary/aromatic N) is 1. The molecule has 0 amide bonds. The Balaban J connectivity index is 2.10.